The minimum atomic E-state index is -5.13. The van der Waals surface area contributed by atoms with Crippen molar-refractivity contribution in [1.29, 1.82) is 0 Å². The van der Waals surface area contributed by atoms with E-state index in [2.05, 4.69) is 0 Å². The van der Waals surface area contributed by atoms with Crippen molar-refractivity contribution < 1.29 is 37.0 Å². The molecule has 2 N–H and O–H groups in total. The van der Waals surface area contributed by atoms with Crippen LogP contribution < -0.4 is 0 Å². The predicted octanol–water partition coefficient (Wildman–Crippen LogP) is 0.303. The number of carbonyl (C=O) groups excluding carboxylic acids is 1. The number of hydrogen-bond acceptors (Lipinski definition) is 4. The second kappa shape index (κ2) is 4.81. The van der Waals surface area contributed by atoms with Crippen LogP contribution in [-0.2, 0) is 4.79 Å². The Bertz CT molecular complexity index is 368. The number of aliphatic hydroxyl groups is 2. The van der Waals surface area contributed by atoms with Crippen molar-refractivity contribution in [3.8, 4) is 0 Å². The third kappa shape index (κ3) is 2.61. The van der Waals surface area contributed by atoms with E-state index in [4.69, 9.17) is 5.11 Å². The third-order valence-corrected chi connectivity index (χ3v) is 2.64. The maximum absolute atomic E-state index is 12.5. The van der Waals surface area contributed by atoms with Gasteiger partial charge in [-0.25, -0.2) is 8.78 Å². The van der Waals surface area contributed by atoms with Crippen LogP contribution in [-0.4, -0.2) is 58.8 Å². The van der Waals surface area contributed by atoms with Gasteiger partial charge in [0.1, 0.15) is 6.10 Å². The number of allylic oxidation sites excluding steroid dienone is 1. The Balaban J connectivity index is 3.13. The lowest BCUT2D eigenvalue weighted by Gasteiger charge is -2.40. The van der Waals surface area contributed by atoms with Gasteiger partial charge in [-0.2, -0.15) is 13.2 Å². The van der Waals surface area contributed by atoms with Crippen molar-refractivity contribution >= 4 is 5.78 Å². The molecule has 0 spiro atoms. The van der Waals surface area contributed by atoms with Gasteiger partial charge in [-0.15, -0.1) is 0 Å². The van der Waals surface area contributed by atoms with Crippen LogP contribution in [0.4, 0.5) is 22.0 Å². The smallest absolute Gasteiger partial charge is 0.383 e. The number of hydrogen-bond donors (Lipinski definition) is 2. The van der Waals surface area contributed by atoms with Gasteiger partial charge in [0.2, 0.25) is 0 Å². The molecule has 0 aromatic carbocycles. The average molecular weight is 275 g/mol. The molecule has 0 bridgehead atoms. The minimum Gasteiger partial charge on any atom is -0.383 e. The highest BCUT2D eigenvalue weighted by Crippen LogP contribution is 2.31. The van der Waals surface area contributed by atoms with Crippen molar-refractivity contribution in [3.05, 3.63) is 11.8 Å². The van der Waals surface area contributed by atoms with Crippen LogP contribution in [0.15, 0.2) is 11.8 Å². The predicted molar refractivity (Wildman–Crippen MR) is 48.7 cm³/mol. The molecular formula is C9H10F5NO3. The highest BCUT2D eigenvalue weighted by atomic mass is 19.4. The van der Waals surface area contributed by atoms with Crippen LogP contribution in [0, 0.1) is 0 Å². The van der Waals surface area contributed by atoms with E-state index in [9.17, 15) is 31.9 Å². The molecule has 9 heteroatoms. The number of halogens is 5. The second-order valence-corrected chi connectivity index (χ2v) is 3.81. The van der Waals surface area contributed by atoms with Crippen LogP contribution in [0.3, 0.4) is 0 Å². The molecule has 0 aromatic heterocycles. The Hall–Kier alpha value is -1.22. The summed E-state index contributed by atoms with van der Waals surface area (Å²) in [6.45, 7) is 0. The van der Waals surface area contributed by atoms with Crippen molar-refractivity contribution in [1.82, 2.24) is 4.90 Å². The Morgan fingerprint density at radius 2 is 1.89 bits per heavy atom. The van der Waals surface area contributed by atoms with Crippen LogP contribution >= 0.6 is 0 Å². The molecule has 1 heterocycles. The molecule has 0 amide bonds. The zero-order valence-corrected chi connectivity index (χ0v) is 9.03. The number of rotatable bonds is 2. The van der Waals surface area contributed by atoms with Crippen LogP contribution in [0.1, 0.15) is 0 Å². The van der Waals surface area contributed by atoms with E-state index in [0.717, 1.165) is 7.05 Å². The van der Waals surface area contributed by atoms with Crippen LogP contribution in [0.2, 0.25) is 0 Å². The summed E-state index contributed by atoms with van der Waals surface area (Å²) in [6.07, 6.45) is -13.3. The first-order valence-corrected chi connectivity index (χ1v) is 4.76. The Morgan fingerprint density at radius 3 is 2.28 bits per heavy atom. The van der Waals surface area contributed by atoms with E-state index in [1.54, 1.807) is 0 Å². The Morgan fingerprint density at radius 1 is 1.39 bits per heavy atom. The molecular weight excluding hydrogens is 265 g/mol. The monoisotopic (exact) mass is 275 g/mol. The fourth-order valence-corrected chi connectivity index (χ4v) is 1.68. The zero-order valence-electron chi connectivity index (χ0n) is 9.03. The Labute approximate surface area is 98.3 Å². The highest BCUT2D eigenvalue weighted by Gasteiger charge is 2.51. The van der Waals surface area contributed by atoms with Gasteiger partial charge in [0.05, 0.1) is 11.7 Å². The number of nitrogens with zero attached hydrogens (tertiary/aromatic N) is 1. The minimum absolute atomic E-state index is 0.370. The maximum Gasteiger partial charge on any atom is 0.416 e. The lowest BCUT2D eigenvalue weighted by atomic mass is 9.94. The fourth-order valence-electron chi connectivity index (χ4n) is 1.68. The van der Waals surface area contributed by atoms with Crippen molar-refractivity contribution in [2.45, 2.75) is 30.9 Å². The molecule has 0 radical (unpaired) electrons. The van der Waals surface area contributed by atoms with E-state index in [1.807, 2.05) is 0 Å². The fraction of sp³-hybridized carbons (Fsp3) is 0.667. The summed E-state index contributed by atoms with van der Waals surface area (Å²) < 4.78 is 62.0. The molecule has 0 saturated heterocycles. The van der Waals surface area contributed by atoms with E-state index in [1.165, 1.54) is 0 Å². The summed E-state index contributed by atoms with van der Waals surface area (Å²) in [5.41, 5.74) is -0.974. The van der Waals surface area contributed by atoms with E-state index in [-0.39, 0.29) is 0 Å². The van der Waals surface area contributed by atoms with Gasteiger partial charge in [-0.05, 0) is 0 Å². The third-order valence-electron chi connectivity index (χ3n) is 2.64. The molecule has 0 aliphatic carbocycles. The summed E-state index contributed by atoms with van der Waals surface area (Å²) in [5.74, 6) is -1.29. The first kappa shape index (κ1) is 14.8. The van der Waals surface area contributed by atoms with Crippen molar-refractivity contribution in [2.75, 3.05) is 7.05 Å². The lowest BCUT2D eigenvalue weighted by molar-refractivity contribution is -0.228. The molecule has 1 aliphatic heterocycles. The van der Waals surface area contributed by atoms with Crippen molar-refractivity contribution in [2.24, 2.45) is 0 Å². The van der Waals surface area contributed by atoms with Crippen LogP contribution in [0.25, 0.3) is 0 Å². The normalized spacial score (nSPS) is 27.5. The topological polar surface area (TPSA) is 60.8 Å². The van der Waals surface area contributed by atoms with E-state index < -0.39 is 42.3 Å². The number of ketones is 1. The van der Waals surface area contributed by atoms with Gasteiger partial charge in [0, 0.05) is 13.1 Å². The average Bonchev–Trinajstić information content (AvgIpc) is 2.21. The summed E-state index contributed by atoms with van der Waals surface area (Å²) in [7, 11) is 0.841. The summed E-state index contributed by atoms with van der Waals surface area (Å²) >= 11 is 0. The molecule has 3 unspecified atom stereocenters. The summed E-state index contributed by atoms with van der Waals surface area (Å²) in [6, 6.07) is -2.19. The molecule has 0 fully saturated rings. The van der Waals surface area contributed by atoms with Crippen LogP contribution in [0.5, 0.6) is 0 Å². The zero-order chi connectivity index (χ0) is 14.2. The second-order valence-electron chi connectivity index (χ2n) is 3.81. The molecule has 1 aliphatic rings. The molecule has 0 aromatic rings. The molecule has 18 heavy (non-hydrogen) atoms. The van der Waals surface area contributed by atoms with Gasteiger partial charge < -0.3 is 15.1 Å². The highest BCUT2D eigenvalue weighted by molar-refractivity contribution is 5.95. The van der Waals surface area contributed by atoms with Gasteiger partial charge >= 0.3 is 6.18 Å². The number of carbonyl (C=O) groups is 1. The SMILES string of the molecule is CN1C(C(F)F)=CC(=O)C(O)C1C(O)C(F)(F)F. The summed E-state index contributed by atoms with van der Waals surface area (Å²) in [5, 5.41) is 18.3. The summed E-state index contributed by atoms with van der Waals surface area (Å²) in [4.78, 5) is 11.5. The largest absolute Gasteiger partial charge is 0.416 e. The molecule has 1 rings (SSSR count). The molecule has 104 valence electrons. The van der Waals surface area contributed by atoms with Crippen molar-refractivity contribution in [3.63, 3.8) is 0 Å². The first-order chi connectivity index (χ1) is 8.07. The standard InChI is InChI=1S/C9H10F5NO3/c1-15-3(8(10)11)2-4(16)6(17)5(15)7(18)9(12,13)14/h2,5-8,17-18H,1H3. The lowest BCUT2D eigenvalue weighted by Crippen LogP contribution is -2.59. The maximum atomic E-state index is 12.5. The number of alkyl halides is 5. The molecule has 0 saturated carbocycles. The molecule has 3 atom stereocenters. The number of aliphatic hydroxyl groups excluding tert-OH is 2. The van der Waals surface area contributed by atoms with Gasteiger partial charge in [0.15, 0.2) is 11.9 Å². The van der Waals surface area contributed by atoms with Gasteiger partial charge in [0.25, 0.3) is 6.43 Å². The van der Waals surface area contributed by atoms with Gasteiger partial charge in [-0.1, -0.05) is 0 Å². The van der Waals surface area contributed by atoms with E-state index in [0.29, 0.717) is 11.0 Å². The quantitative estimate of drug-likeness (QED) is 0.712. The van der Waals surface area contributed by atoms with E-state index >= 15 is 0 Å². The molecule has 4 nitrogen and oxygen atoms in total. The number of likely N-dealkylation sites (N-methyl/N-ethyl adjacent to an activating group) is 1. The Kier molecular flexibility index (Phi) is 3.96. The first-order valence-electron chi connectivity index (χ1n) is 4.76. The van der Waals surface area contributed by atoms with Gasteiger partial charge in [-0.3, -0.25) is 4.79 Å².